The van der Waals surface area contributed by atoms with Crippen molar-refractivity contribution in [2.75, 3.05) is 7.11 Å². The highest BCUT2D eigenvalue weighted by Crippen LogP contribution is 2.28. The lowest BCUT2D eigenvalue weighted by atomic mass is 9.97. The molecule has 3 N–H and O–H groups in total. The molecule has 0 saturated heterocycles. The van der Waals surface area contributed by atoms with Gasteiger partial charge in [0, 0.05) is 10.6 Å². The van der Waals surface area contributed by atoms with Crippen LogP contribution in [0.1, 0.15) is 22.7 Å². The molecule has 2 aromatic carbocycles. The Morgan fingerprint density at radius 3 is 2.67 bits per heavy atom. The summed E-state index contributed by atoms with van der Waals surface area (Å²) in [7, 11) is 1.59. The molecule has 0 saturated carbocycles. The van der Waals surface area contributed by atoms with Gasteiger partial charge in [-0.1, -0.05) is 23.7 Å². The van der Waals surface area contributed by atoms with E-state index in [0.717, 1.165) is 11.1 Å². The molecule has 2 aromatic rings. The maximum absolute atomic E-state index is 14.1. The maximum atomic E-state index is 14.1. The van der Waals surface area contributed by atoms with Crippen molar-refractivity contribution >= 4 is 11.6 Å². The summed E-state index contributed by atoms with van der Waals surface area (Å²) in [5.41, 5.74) is 4.91. The zero-order valence-corrected chi connectivity index (χ0v) is 12.7. The van der Waals surface area contributed by atoms with Gasteiger partial charge in [-0.15, -0.1) is 0 Å². The van der Waals surface area contributed by atoms with E-state index in [0.29, 0.717) is 22.8 Å². The normalized spacial score (nSPS) is 12.2. The van der Waals surface area contributed by atoms with E-state index in [1.807, 2.05) is 13.0 Å². The Labute approximate surface area is 128 Å². The second-order valence-corrected chi connectivity index (χ2v) is 5.34. The van der Waals surface area contributed by atoms with Crippen LogP contribution in [0.25, 0.3) is 0 Å². The molecule has 112 valence electrons. The van der Waals surface area contributed by atoms with E-state index in [1.54, 1.807) is 31.4 Å². The van der Waals surface area contributed by atoms with Gasteiger partial charge in [-0.2, -0.15) is 0 Å². The van der Waals surface area contributed by atoms with Crippen LogP contribution in [0.5, 0.6) is 5.75 Å². The van der Waals surface area contributed by atoms with Gasteiger partial charge in [-0.05, 0) is 48.7 Å². The molecule has 0 bridgehead atoms. The van der Waals surface area contributed by atoms with E-state index in [2.05, 4.69) is 5.43 Å². The van der Waals surface area contributed by atoms with Crippen molar-refractivity contribution in [2.45, 2.75) is 19.4 Å². The number of hydrogen-bond acceptors (Lipinski definition) is 3. The minimum Gasteiger partial charge on any atom is -0.496 e. The number of aryl methyl sites for hydroxylation is 1. The number of halogens is 2. The zero-order chi connectivity index (χ0) is 15.4. The van der Waals surface area contributed by atoms with Gasteiger partial charge >= 0.3 is 0 Å². The van der Waals surface area contributed by atoms with Crippen molar-refractivity contribution in [1.29, 1.82) is 0 Å². The van der Waals surface area contributed by atoms with E-state index in [9.17, 15) is 4.39 Å². The lowest BCUT2D eigenvalue weighted by Crippen LogP contribution is -2.30. The van der Waals surface area contributed by atoms with Gasteiger partial charge < -0.3 is 4.74 Å². The number of hydrazine groups is 1. The Balaban J connectivity index is 2.33. The number of benzene rings is 2. The van der Waals surface area contributed by atoms with E-state index in [-0.39, 0.29) is 11.9 Å². The molecular formula is C16H18ClFN2O. The second-order valence-electron chi connectivity index (χ2n) is 4.90. The van der Waals surface area contributed by atoms with Gasteiger partial charge in [0.25, 0.3) is 0 Å². The van der Waals surface area contributed by atoms with Gasteiger partial charge in [0.15, 0.2) is 0 Å². The summed E-state index contributed by atoms with van der Waals surface area (Å²) in [5, 5.41) is 0.603. The van der Waals surface area contributed by atoms with Gasteiger partial charge in [-0.25, -0.2) is 4.39 Å². The van der Waals surface area contributed by atoms with Crippen molar-refractivity contribution in [3.8, 4) is 5.75 Å². The standard InChI is InChI=1S/C16H18ClFN2O/c1-10-3-5-13(14(18)7-10)15(20-19)9-11-8-12(17)4-6-16(11)21-2/h3-8,15,20H,9,19H2,1-2H3. The largest absolute Gasteiger partial charge is 0.496 e. The highest BCUT2D eigenvalue weighted by atomic mass is 35.5. The maximum Gasteiger partial charge on any atom is 0.128 e. The fraction of sp³-hybridized carbons (Fsp3) is 0.250. The number of rotatable bonds is 5. The van der Waals surface area contributed by atoms with E-state index in [1.165, 1.54) is 6.07 Å². The molecular weight excluding hydrogens is 291 g/mol. The monoisotopic (exact) mass is 308 g/mol. The summed E-state index contributed by atoms with van der Waals surface area (Å²) in [6, 6.07) is 10.1. The Morgan fingerprint density at radius 2 is 2.05 bits per heavy atom. The first-order valence-corrected chi connectivity index (χ1v) is 6.97. The second kappa shape index (κ2) is 6.89. The highest BCUT2D eigenvalue weighted by molar-refractivity contribution is 6.30. The Bertz CT molecular complexity index is 634. The van der Waals surface area contributed by atoms with E-state index >= 15 is 0 Å². The summed E-state index contributed by atoms with van der Waals surface area (Å²) in [6.45, 7) is 1.84. The third kappa shape index (κ3) is 3.73. The Hall–Kier alpha value is -1.62. The zero-order valence-electron chi connectivity index (χ0n) is 12.0. The van der Waals surface area contributed by atoms with Crippen LogP contribution in [0, 0.1) is 12.7 Å². The lowest BCUT2D eigenvalue weighted by molar-refractivity contribution is 0.404. The van der Waals surface area contributed by atoms with E-state index < -0.39 is 0 Å². The topological polar surface area (TPSA) is 47.3 Å². The number of ether oxygens (including phenoxy) is 1. The minimum absolute atomic E-state index is 0.279. The number of hydrogen-bond donors (Lipinski definition) is 2. The molecule has 0 heterocycles. The molecule has 0 aliphatic rings. The molecule has 21 heavy (non-hydrogen) atoms. The molecule has 5 heteroatoms. The first kappa shape index (κ1) is 15.8. The molecule has 0 spiro atoms. The number of methoxy groups -OCH3 is 1. The lowest BCUT2D eigenvalue weighted by Gasteiger charge is -2.19. The van der Waals surface area contributed by atoms with Crippen LogP contribution in [0.15, 0.2) is 36.4 Å². The predicted molar refractivity (Wildman–Crippen MR) is 82.9 cm³/mol. The molecule has 1 unspecified atom stereocenters. The molecule has 1 atom stereocenters. The molecule has 0 aliphatic heterocycles. The summed E-state index contributed by atoms with van der Waals surface area (Å²) < 4.78 is 19.4. The molecule has 0 aromatic heterocycles. The number of nitrogens with two attached hydrogens (primary N) is 1. The fourth-order valence-corrected chi connectivity index (χ4v) is 2.49. The quantitative estimate of drug-likeness (QED) is 0.656. The van der Waals surface area contributed by atoms with Gasteiger partial charge in [0.05, 0.1) is 13.2 Å². The van der Waals surface area contributed by atoms with Crippen LogP contribution in [0.2, 0.25) is 5.02 Å². The Kier molecular flexibility index (Phi) is 5.17. The summed E-state index contributed by atoms with van der Waals surface area (Å²) >= 11 is 6.02. The van der Waals surface area contributed by atoms with Crippen molar-refractivity contribution in [3.05, 3.63) is 63.9 Å². The SMILES string of the molecule is COc1ccc(Cl)cc1CC(NN)c1ccc(C)cc1F. The van der Waals surface area contributed by atoms with Gasteiger partial charge in [-0.3, -0.25) is 11.3 Å². The highest BCUT2D eigenvalue weighted by Gasteiger charge is 2.17. The van der Waals surface area contributed by atoms with Crippen LogP contribution < -0.4 is 16.0 Å². The van der Waals surface area contributed by atoms with Crippen LogP contribution in [-0.2, 0) is 6.42 Å². The van der Waals surface area contributed by atoms with E-state index in [4.69, 9.17) is 22.2 Å². The third-order valence-corrected chi connectivity index (χ3v) is 3.63. The predicted octanol–water partition coefficient (Wildman–Crippen LogP) is 3.54. The van der Waals surface area contributed by atoms with Crippen molar-refractivity contribution in [3.63, 3.8) is 0 Å². The summed E-state index contributed by atoms with van der Waals surface area (Å²) in [5.74, 6) is 6.02. The van der Waals surface area contributed by atoms with Crippen LogP contribution in [0.4, 0.5) is 4.39 Å². The summed E-state index contributed by atoms with van der Waals surface area (Å²) in [6.07, 6.45) is 0.472. The average Bonchev–Trinajstić information content (AvgIpc) is 2.45. The first-order chi connectivity index (χ1) is 10.0. The third-order valence-electron chi connectivity index (χ3n) is 3.40. The molecule has 2 rings (SSSR count). The van der Waals surface area contributed by atoms with Crippen molar-refractivity contribution in [2.24, 2.45) is 5.84 Å². The first-order valence-electron chi connectivity index (χ1n) is 6.59. The minimum atomic E-state index is -0.363. The molecule has 0 fully saturated rings. The number of nitrogens with one attached hydrogen (secondary N) is 1. The van der Waals surface area contributed by atoms with Gasteiger partial charge in [0.2, 0.25) is 0 Å². The molecule has 3 nitrogen and oxygen atoms in total. The van der Waals surface area contributed by atoms with Crippen LogP contribution >= 0.6 is 11.6 Å². The molecule has 0 aliphatic carbocycles. The van der Waals surface area contributed by atoms with Gasteiger partial charge in [0.1, 0.15) is 11.6 Å². The van der Waals surface area contributed by atoms with Crippen LogP contribution in [-0.4, -0.2) is 7.11 Å². The van der Waals surface area contributed by atoms with Crippen molar-refractivity contribution < 1.29 is 9.13 Å². The smallest absolute Gasteiger partial charge is 0.128 e. The fourth-order valence-electron chi connectivity index (χ4n) is 2.30. The van der Waals surface area contributed by atoms with Crippen molar-refractivity contribution in [1.82, 2.24) is 5.43 Å². The average molecular weight is 309 g/mol. The Morgan fingerprint density at radius 1 is 1.29 bits per heavy atom. The summed E-state index contributed by atoms with van der Waals surface area (Å²) in [4.78, 5) is 0. The molecule has 0 radical (unpaired) electrons. The molecule has 0 amide bonds. The van der Waals surface area contributed by atoms with Crippen LogP contribution in [0.3, 0.4) is 0 Å².